The number of hydrogen-bond donors (Lipinski definition) is 4. The predicted octanol–water partition coefficient (Wildman–Crippen LogP) is 1.85. The largest absolute Gasteiger partial charge is 0.382 e. The molecule has 0 fully saturated rings. The molecule has 0 radical (unpaired) electrons. The van der Waals surface area contributed by atoms with Gasteiger partial charge in [0.05, 0.1) is 26.0 Å². The van der Waals surface area contributed by atoms with Crippen LogP contribution < -0.4 is 17.0 Å². The maximum atomic E-state index is 12.6. The molecule has 154 valence electrons. The summed E-state index contributed by atoms with van der Waals surface area (Å²) in [4.78, 5) is 29.6. The van der Waals surface area contributed by atoms with E-state index in [0.717, 1.165) is 6.07 Å². The van der Waals surface area contributed by atoms with E-state index in [1.54, 1.807) is 0 Å². The molecule has 0 spiro atoms. The molecule has 0 aliphatic carbocycles. The fraction of sp³-hybridized carbons (Fsp3) is 0.0588. The molecule has 0 bridgehead atoms. The topological polar surface area (TPSA) is 186 Å². The predicted molar refractivity (Wildman–Crippen MR) is 113 cm³/mol. The van der Waals surface area contributed by atoms with Crippen LogP contribution in [0.5, 0.6) is 0 Å². The van der Waals surface area contributed by atoms with Gasteiger partial charge in [-0.1, -0.05) is 29.3 Å². The highest BCUT2D eigenvalue weighted by molar-refractivity contribution is 6.42. The highest BCUT2D eigenvalue weighted by atomic mass is 35.5. The monoisotopic (exact) mass is 449 g/mol. The normalized spacial score (nSPS) is 12.6. The number of H-pyrrole nitrogens is 1. The van der Waals surface area contributed by atoms with E-state index in [1.165, 1.54) is 30.3 Å². The van der Waals surface area contributed by atoms with Crippen molar-refractivity contribution in [2.24, 2.45) is 21.7 Å². The second-order valence-electron chi connectivity index (χ2n) is 5.96. The number of guanidine groups is 1. The summed E-state index contributed by atoms with van der Waals surface area (Å²) in [6.45, 7) is 0. The van der Waals surface area contributed by atoms with Crippen molar-refractivity contribution < 1.29 is 10.0 Å². The van der Waals surface area contributed by atoms with Gasteiger partial charge in [0.25, 0.3) is 11.2 Å². The van der Waals surface area contributed by atoms with Gasteiger partial charge in [-0.2, -0.15) is 0 Å². The van der Waals surface area contributed by atoms with Gasteiger partial charge in [0, 0.05) is 12.1 Å². The summed E-state index contributed by atoms with van der Waals surface area (Å²) < 4.78 is 0. The lowest BCUT2D eigenvalue weighted by molar-refractivity contribution is -0.384. The van der Waals surface area contributed by atoms with Crippen LogP contribution in [0.25, 0.3) is 11.0 Å². The Labute approximate surface area is 177 Å². The number of aromatic amines is 1. The zero-order chi connectivity index (χ0) is 22.0. The second kappa shape index (κ2) is 8.45. The Morgan fingerprint density at radius 3 is 2.53 bits per heavy atom. The van der Waals surface area contributed by atoms with Crippen LogP contribution >= 0.6 is 23.2 Å². The molecule has 2 aromatic carbocycles. The highest BCUT2D eigenvalue weighted by Gasteiger charge is 2.23. The molecule has 1 atom stereocenters. The van der Waals surface area contributed by atoms with E-state index in [0.29, 0.717) is 0 Å². The summed E-state index contributed by atoms with van der Waals surface area (Å²) in [6, 6.07) is 8.05. The van der Waals surface area contributed by atoms with E-state index < -0.39 is 22.5 Å². The van der Waals surface area contributed by atoms with Crippen LogP contribution in [-0.4, -0.2) is 31.7 Å². The van der Waals surface area contributed by atoms with Gasteiger partial charge in [0.15, 0.2) is 5.69 Å². The number of aromatic nitrogens is 2. The van der Waals surface area contributed by atoms with Gasteiger partial charge in [-0.3, -0.25) is 14.9 Å². The van der Waals surface area contributed by atoms with Crippen LogP contribution in [0.2, 0.25) is 10.0 Å². The summed E-state index contributed by atoms with van der Waals surface area (Å²) in [5, 5.41) is 29.5. The van der Waals surface area contributed by atoms with Crippen LogP contribution in [0, 0.1) is 10.1 Å². The lowest BCUT2D eigenvalue weighted by atomic mass is 10.0. The van der Waals surface area contributed by atoms with Gasteiger partial charge in [0.1, 0.15) is 11.8 Å². The maximum absolute atomic E-state index is 12.6. The number of benzene rings is 2. The molecular formula is C17H13Cl2N7O4. The van der Waals surface area contributed by atoms with E-state index in [4.69, 9.17) is 34.7 Å². The van der Waals surface area contributed by atoms with Crippen LogP contribution in [0.15, 0.2) is 51.4 Å². The SMILES string of the molecule is NC(N)=NN=C(c1nc2ccc([N+](=O)[O-])cc2[nH]c1=O)C(O)c1ccc(Cl)c(Cl)c1. The molecule has 6 N–H and O–H groups in total. The van der Waals surface area contributed by atoms with Crippen molar-refractivity contribution in [2.75, 3.05) is 0 Å². The van der Waals surface area contributed by atoms with Crippen LogP contribution in [0.3, 0.4) is 0 Å². The molecule has 1 aromatic heterocycles. The standard InChI is InChI=1S/C17H13Cl2N7O4/c18-9-3-1-7(5-10(9)19)15(27)13(24-25-17(20)21)14-16(28)23-12-6-8(26(29)30)2-4-11(12)22-14/h1-6,15,27H,(H,23,28)(H4,20,21,25). The number of hydrogen-bond acceptors (Lipinski definition) is 7. The number of fused-ring (bicyclic) bond motifs is 1. The van der Waals surface area contributed by atoms with Crippen molar-refractivity contribution in [3.63, 3.8) is 0 Å². The van der Waals surface area contributed by atoms with E-state index in [9.17, 15) is 20.0 Å². The van der Waals surface area contributed by atoms with E-state index >= 15 is 0 Å². The molecule has 1 heterocycles. The summed E-state index contributed by atoms with van der Waals surface area (Å²) in [7, 11) is 0. The molecule has 0 aliphatic rings. The van der Waals surface area contributed by atoms with Crippen LogP contribution in [0.4, 0.5) is 5.69 Å². The molecule has 0 saturated heterocycles. The Bertz CT molecular complexity index is 1270. The van der Waals surface area contributed by atoms with Gasteiger partial charge in [0.2, 0.25) is 5.96 Å². The zero-order valence-electron chi connectivity index (χ0n) is 14.9. The molecule has 11 nitrogen and oxygen atoms in total. The number of nitrogens with two attached hydrogens (primary N) is 2. The summed E-state index contributed by atoms with van der Waals surface area (Å²) in [5.74, 6) is -0.415. The lowest BCUT2D eigenvalue weighted by Gasteiger charge is -2.13. The van der Waals surface area contributed by atoms with Gasteiger partial charge >= 0.3 is 0 Å². The number of halogens is 2. The number of nitrogens with one attached hydrogen (secondary N) is 1. The van der Waals surface area contributed by atoms with Gasteiger partial charge < -0.3 is 21.6 Å². The number of aliphatic hydroxyl groups excluding tert-OH is 1. The Morgan fingerprint density at radius 2 is 1.90 bits per heavy atom. The second-order valence-corrected chi connectivity index (χ2v) is 6.77. The molecule has 30 heavy (non-hydrogen) atoms. The summed E-state index contributed by atoms with van der Waals surface area (Å²) >= 11 is 11.9. The van der Waals surface area contributed by atoms with E-state index in [1.807, 2.05) is 0 Å². The maximum Gasteiger partial charge on any atom is 0.276 e. The van der Waals surface area contributed by atoms with Crippen molar-refractivity contribution in [2.45, 2.75) is 6.10 Å². The molecule has 3 rings (SSSR count). The first-order valence-electron chi connectivity index (χ1n) is 8.15. The first-order valence-corrected chi connectivity index (χ1v) is 8.91. The first-order chi connectivity index (χ1) is 14.2. The fourth-order valence-corrected chi connectivity index (χ4v) is 2.85. The quantitative estimate of drug-likeness (QED) is 0.198. The Kier molecular flexibility index (Phi) is 5.96. The average molecular weight is 450 g/mol. The van der Waals surface area contributed by atoms with Crippen molar-refractivity contribution in [3.8, 4) is 0 Å². The molecule has 0 aliphatic heterocycles. The van der Waals surface area contributed by atoms with Crippen molar-refractivity contribution in [1.29, 1.82) is 0 Å². The Morgan fingerprint density at radius 1 is 1.17 bits per heavy atom. The number of nitro benzene ring substituents is 1. The minimum Gasteiger partial charge on any atom is -0.382 e. The van der Waals surface area contributed by atoms with Crippen LogP contribution in [0.1, 0.15) is 17.4 Å². The minimum atomic E-state index is -1.49. The number of rotatable bonds is 5. The third kappa shape index (κ3) is 4.38. The smallest absolute Gasteiger partial charge is 0.276 e. The van der Waals surface area contributed by atoms with E-state index in [-0.39, 0.29) is 43.7 Å². The molecule has 0 saturated carbocycles. The summed E-state index contributed by atoms with van der Waals surface area (Å²) in [5.41, 5.74) is 9.64. The Balaban J connectivity index is 2.18. The molecular weight excluding hydrogens is 437 g/mol. The third-order valence-corrected chi connectivity index (χ3v) is 4.66. The van der Waals surface area contributed by atoms with Crippen LogP contribution in [-0.2, 0) is 0 Å². The number of nitro groups is 1. The molecule has 13 heteroatoms. The zero-order valence-corrected chi connectivity index (χ0v) is 16.4. The number of non-ortho nitro benzene ring substituents is 1. The number of aliphatic hydroxyl groups is 1. The van der Waals surface area contributed by atoms with Crippen molar-refractivity contribution >= 4 is 51.6 Å². The fourth-order valence-electron chi connectivity index (χ4n) is 2.55. The minimum absolute atomic E-state index is 0.128. The third-order valence-electron chi connectivity index (χ3n) is 3.92. The number of nitrogens with zero attached hydrogens (tertiary/aromatic N) is 4. The van der Waals surface area contributed by atoms with Gasteiger partial charge in [-0.25, -0.2) is 4.98 Å². The molecule has 1 unspecified atom stereocenters. The molecule has 3 aromatic rings. The lowest BCUT2D eigenvalue weighted by Crippen LogP contribution is -2.27. The van der Waals surface area contributed by atoms with Crippen molar-refractivity contribution in [1.82, 2.24) is 9.97 Å². The van der Waals surface area contributed by atoms with Crippen molar-refractivity contribution in [3.05, 3.63) is 78.2 Å². The molecule has 0 amide bonds. The average Bonchev–Trinajstić information content (AvgIpc) is 2.69. The first kappa shape index (κ1) is 21.2. The summed E-state index contributed by atoms with van der Waals surface area (Å²) in [6.07, 6.45) is -1.49. The van der Waals surface area contributed by atoms with Gasteiger partial charge in [-0.05, 0) is 23.8 Å². The van der Waals surface area contributed by atoms with Gasteiger partial charge in [-0.15, -0.1) is 10.2 Å². The highest BCUT2D eigenvalue weighted by Crippen LogP contribution is 2.27. The Hall–Kier alpha value is -3.54. The van der Waals surface area contributed by atoms with E-state index in [2.05, 4.69) is 20.2 Å².